The molecule has 0 aliphatic rings. The van der Waals surface area contributed by atoms with Crippen LogP contribution in [0.1, 0.15) is 59.3 Å². The maximum atomic E-state index is 12.1. The van der Waals surface area contributed by atoms with Crippen LogP contribution in [0.25, 0.3) is 0 Å². The highest BCUT2D eigenvalue weighted by atomic mass is 17.0. The molecular weight excluding hydrogens is 220 g/mol. The fraction of sp³-hybridized carbons (Fsp3) is 1.00. The minimum absolute atomic E-state index is 0.387. The second kappa shape index (κ2) is 11.0. The second-order valence-electron chi connectivity index (χ2n) is 4.11. The SMILES string of the molecule is CCCCOC([O])(OCCCC)OCCCC. The maximum Gasteiger partial charge on any atom is 0.439 e. The van der Waals surface area contributed by atoms with E-state index in [1.165, 1.54) is 0 Å². The van der Waals surface area contributed by atoms with Gasteiger partial charge in [0.05, 0.1) is 19.8 Å². The lowest BCUT2D eigenvalue weighted by Gasteiger charge is -2.25. The summed E-state index contributed by atoms with van der Waals surface area (Å²) >= 11 is 0. The van der Waals surface area contributed by atoms with Crippen LogP contribution in [0.3, 0.4) is 0 Å². The summed E-state index contributed by atoms with van der Waals surface area (Å²) in [6.07, 6.45) is 3.40. The van der Waals surface area contributed by atoms with Crippen LogP contribution in [0.2, 0.25) is 0 Å². The quantitative estimate of drug-likeness (QED) is 0.392. The zero-order valence-electron chi connectivity index (χ0n) is 11.5. The van der Waals surface area contributed by atoms with Gasteiger partial charge in [0, 0.05) is 0 Å². The fourth-order valence-electron chi connectivity index (χ4n) is 1.15. The molecule has 0 rings (SSSR count). The van der Waals surface area contributed by atoms with E-state index in [0.717, 1.165) is 38.5 Å². The van der Waals surface area contributed by atoms with Crippen molar-refractivity contribution in [1.82, 2.24) is 0 Å². The van der Waals surface area contributed by atoms with Gasteiger partial charge in [-0.2, -0.15) is 0 Å². The first-order valence-electron chi connectivity index (χ1n) is 6.80. The van der Waals surface area contributed by atoms with Crippen molar-refractivity contribution >= 4 is 0 Å². The topological polar surface area (TPSA) is 47.6 Å². The smallest absolute Gasteiger partial charge is 0.301 e. The normalized spacial score (nSPS) is 12.0. The number of rotatable bonds is 12. The summed E-state index contributed by atoms with van der Waals surface area (Å²) in [7, 11) is 0. The highest BCUT2D eigenvalue weighted by Gasteiger charge is 2.32. The van der Waals surface area contributed by atoms with E-state index >= 15 is 0 Å². The van der Waals surface area contributed by atoms with E-state index in [4.69, 9.17) is 14.2 Å². The highest BCUT2D eigenvalue weighted by Crippen LogP contribution is 2.15. The van der Waals surface area contributed by atoms with E-state index in [0.29, 0.717) is 19.8 Å². The summed E-state index contributed by atoms with van der Waals surface area (Å²) in [5, 5.41) is 12.1. The molecule has 0 unspecified atom stereocenters. The molecule has 0 heterocycles. The molecule has 4 nitrogen and oxygen atoms in total. The Morgan fingerprint density at radius 3 is 1.24 bits per heavy atom. The lowest BCUT2D eigenvalue weighted by Crippen LogP contribution is -2.38. The molecule has 0 aromatic heterocycles. The largest absolute Gasteiger partial charge is 0.439 e. The molecule has 17 heavy (non-hydrogen) atoms. The molecule has 1 radical (unpaired) electrons. The number of ether oxygens (including phenoxy) is 3. The Labute approximate surface area is 105 Å². The van der Waals surface area contributed by atoms with Crippen LogP contribution in [-0.2, 0) is 19.3 Å². The molecule has 0 saturated heterocycles. The maximum absolute atomic E-state index is 12.1. The monoisotopic (exact) mass is 247 g/mol. The van der Waals surface area contributed by atoms with Crippen molar-refractivity contribution in [3.8, 4) is 0 Å². The zero-order chi connectivity index (χ0) is 13.0. The molecule has 0 saturated carbocycles. The third-order valence-corrected chi connectivity index (χ3v) is 2.33. The standard InChI is InChI=1S/C13H27O4/c1-4-7-10-15-13(14,16-11-8-5-2)17-12-9-6-3/h4-12H2,1-3H3. The first kappa shape index (κ1) is 16.8. The average Bonchev–Trinajstić information content (AvgIpc) is 2.30. The molecule has 0 aliphatic carbocycles. The average molecular weight is 247 g/mol. The van der Waals surface area contributed by atoms with Crippen LogP contribution < -0.4 is 0 Å². The molecule has 103 valence electrons. The molecule has 0 atom stereocenters. The molecule has 0 spiro atoms. The first-order chi connectivity index (χ1) is 8.18. The Morgan fingerprint density at radius 1 is 0.706 bits per heavy atom. The lowest BCUT2D eigenvalue weighted by atomic mass is 10.3. The van der Waals surface area contributed by atoms with E-state index in [9.17, 15) is 5.11 Å². The number of unbranched alkanes of at least 4 members (excludes halogenated alkanes) is 3. The van der Waals surface area contributed by atoms with Crippen LogP contribution in [0.4, 0.5) is 0 Å². The molecule has 0 amide bonds. The molecule has 0 bridgehead atoms. The zero-order valence-corrected chi connectivity index (χ0v) is 11.5. The molecule has 0 aliphatic heterocycles. The highest BCUT2D eigenvalue weighted by molar-refractivity contribution is 4.43. The van der Waals surface area contributed by atoms with Gasteiger partial charge < -0.3 is 14.2 Å². The second-order valence-corrected chi connectivity index (χ2v) is 4.11. The van der Waals surface area contributed by atoms with Crippen molar-refractivity contribution in [1.29, 1.82) is 0 Å². The van der Waals surface area contributed by atoms with E-state index in [1.807, 2.05) is 20.8 Å². The van der Waals surface area contributed by atoms with Crippen molar-refractivity contribution in [3.63, 3.8) is 0 Å². The van der Waals surface area contributed by atoms with Gasteiger partial charge in [-0.05, 0) is 19.3 Å². The van der Waals surface area contributed by atoms with Crippen molar-refractivity contribution in [2.75, 3.05) is 19.8 Å². The Hall–Kier alpha value is -0.160. The third kappa shape index (κ3) is 9.53. The van der Waals surface area contributed by atoms with Gasteiger partial charge in [0.2, 0.25) is 0 Å². The fourth-order valence-corrected chi connectivity index (χ4v) is 1.15. The number of hydrogen-bond acceptors (Lipinski definition) is 3. The summed E-state index contributed by atoms with van der Waals surface area (Å²) in [6, 6.07) is 0. The van der Waals surface area contributed by atoms with E-state index in [2.05, 4.69) is 0 Å². The van der Waals surface area contributed by atoms with Crippen LogP contribution in [-0.4, -0.2) is 26.0 Å². The summed E-state index contributed by atoms with van der Waals surface area (Å²) in [5.74, 6) is 0. The minimum Gasteiger partial charge on any atom is -0.301 e. The Bertz CT molecular complexity index is 135. The van der Waals surface area contributed by atoms with E-state index < -0.39 is 6.16 Å². The van der Waals surface area contributed by atoms with Gasteiger partial charge in [-0.1, -0.05) is 40.0 Å². The predicted molar refractivity (Wildman–Crippen MR) is 66.0 cm³/mol. The van der Waals surface area contributed by atoms with Gasteiger partial charge in [0.15, 0.2) is 0 Å². The van der Waals surface area contributed by atoms with Crippen LogP contribution >= 0.6 is 0 Å². The number of hydrogen-bond donors (Lipinski definition) is 0. The molecule has 4 heteroatoms. The van der Waals surface area contributed by atoms with E-state index in [1.54, 1.807) is 0 Å². The molecule has 0 fully saturated rings. The van der Waals surface area contributed by atoms with E-state index in [-0.39, 0.29) is 0 Å². The summed E-state index contributed by atoms with van der Waals surface area (Å²) in [6.45, 7) is 7.30. The van der Waals surface area contributed by atoms with Gasteiger partial charge in [-0.25, -0.2) is 0 Å². The summed E-state index contributed by atoms with van der Waals surface area (Å²) in [5.41, 5.74) is 0. The summed E-state index contributed by atoms with van der Waals surface area (Å²) < 4.78 is 15.5. The van der Waals surface area contributed by atoms with Crippen LogP contribution in [0.5, 0.6) is 0 Å². The van der Waals surface area contributed by atoms with Crippen molar-refractivity contribution < 1.29 is 19.3 Å². The van der Waals surface area contributed by atoms with Gasteiger partial charge >= 0.3 is 6.16 Å². The van der Waals surface area contributed by atoms with Gasteiger partial charge in [0.25, 0.3) is 0 Å². The van der Waals surface area contributed by atoms with Gasteiger partial charge in [-0.15, -0.1) is 5.11 Å². The van der Waals surface area contributed by atoms with Gasteiger partial charge in [0.1, 0.15) is 0 Å². The first-order valence-corrected chi connectivity index (χ1v) is 6.80. The molecular formula is C13H27O4. The van der Waals surface area contributed by atoms with Crippen molar-refractivity contribution in [2.45, 2.75) is 65.5 Å². The van der Waals surface area contributed by atoms with Crippen LogP contribution in [0, 0.1) is 0 Å². The molecule has 0 aromatic carbocycles. The minimum atomic E-state index is -2.10. The van der Waals surface area contributed by atoms with Crippen molar-refractivity contribution in [2.24, 2.45) is 0 Å². The predicted octanol–water partition coefficient (Wildman–Crippen LogP) is 3.48. The Balaban J connectivity index is 3.95. The molecule has 0 aromatic rings. The lowest BCUT2D eigenvalue weighted by molar-refractivity contribution is -0.508. The molecule has 0 N–H and O–H groups in total. The van der Waals surface area contributed by atoms with Gasteiger partial charge in [-0.3, -0.25) is 0 Å². The Kier molecular flexibility index (Phi) is 10.9. The Morgan fingerprint density at radius 2 is 1.00 bits per heavy atom. The third-order valence-electron chi connectivity index (χ3n) is 2.33. The van der Waals surface area contributed by atoms with Crippen LogP contribution in [0.15, 0.2) is 0 Å². The summed E-state index contributed by atoms with van der Waals surface area (Å²) in [4.78, 5) is 0. The van der Waals surface area contributed by atoms with Crippen molar-refractivity contribution in [3.05, 3.63) is 0 Å².